The Kier molecular flexibility index (Phi) is 19.1. The Balaban J connectivity index is 0.748. The van der Waals surface area contributed by atoms with Gasteiger partial charge in [0.05, 0.1) is 37.5 Å². The molecule has 10 nitrogen and oxygen atoms in total. The van der Waals surface area contributed by atoms with Crippen molar-refractivity contribution in [1.82, 2.24) is 9.88 Å². The van der Waals surface area contributed by atoms with Gasteiger partial charge in [0, 0.05) is 47.8 Å². The third-order valence-electron chi connectivity index (χ3n) is 25.1. The molecule has 2 aromatic carbocycles. The molecule has 0 aliphatic heterocycles. The van der Waals surface area contributed by atoms with Crippen molar-refractivity contribution in [3.05, 3.63) is 47.5 Å². The molecule has 84 heavy (non-hydrogen) atoms. The van der Waals surface area contributed by atoms with Crippen LogP contribution in [0.1, 0.15) is 215 Å². The third-order valence-corrected chi connectivity index (χ3v) is 25.1. The Bertz CT molecular complexity index is 2970. The number of amides is 1. The summed E-state index contributed by atoms with van der Waals surface area (Å²) in [5.41, 5.74) is 4.92. The Hall–Kier alpha value is -4.51. The van der Waals surface area contributed by atoms with E-state index in [4.69, 9.17) is 23.7 Å². The van der Waals surface area contributed by atoms with Gasteiger partial charge in [-0.25, -0.2) is 4.79 Å². The van der Waals surface area contributed by atoms with E-state index in [9.17, 15) is 14.4 Å². The summed E-state index contributed by atoms with van der Waals surface area (Å²) in [5, 5.41) is 5.28. The van der Waals surface area contributed by atoms with Gasteiger partial charge in [-0.3, -0.25) is 9.59 Å². The van der Waals surface area contributed by atoms with Gasteiger partial charge in [-0.15, -0.1) is 0 Å². The Morgan fingerprint density at radius 1 is 0.655 bits per heavy atom. The van der Waals surface area contributed by atoms with Crippen molar-refractivity contribution in [2.24, 2.45) is 86.8 Å². The second kappa shape index (κ2) is 25.7. The molecule has 7 saturated carbocycles. The zero-order valence-corrected chi connectivity index (χ0v) is 53.9. The lowest BCUT2D eigenvalue weighted by Gasteiger charge is -2.61. The summed E-state index contributed by atoms with van der Waals surface area (Å²) >= 11 is 0. The third kappa shape index (κ3) is 13.0. The van der Waals surface area contributed by atoms with Crippen LogP contribution in [0.15, 0.2) is 36.4 Å². The number of aromatic nitrogens is 1. The van der Waals surface area contributed by atoms with Gasteiger partial charge in [0.2, 0.25) is 0 Å². The summed E-state index contributed by atoms with van der Waals surface area (Å²) in [7, 11) is 3.01. The molecular weight excluding hydrogens is 1040 g/mol. The number of fused-ring (bicyclic) bond motifs is 11. The van der Waals surface area contributed by atoms with Crippen LogP contribution < -0.4 is 5.32 Å². The maximum absolute atomic E-state index is 12.8. The standard InChI is InChI=1S/C74H106N2O8/c1-48(17-29-67(77)80-11)50(3)71(7)35-33-62-53(47-71)21-22-54-45-56(31-36-72(54,62)8)82-41-13-15-51-19-24-58-59-25-20-52(44-66(59)76(65(58)43-51)40-39-75-69(79)84-70(4,5)6)16-14-42-83-57-32-37-73(9)55(46-57)23-26-60-63-28-27-61(49(2)18-30-68(78)81-12)74(63,10)38-34-64(60)73/h19-20,24-25,43-44,48-50,53-57,60-64H,17-18,21-23,26-42,45-47H2,1-12H3,(H,75,79)/t48-,49-,50?,53+,54-,55-,56-,57-,60+,61?,62?,63+,64?,71?,72?,73?,74?/m1/s1. The van der Waals surface area contributed by atoms with Gasteiger partial charge in [0.15, 0.2) is 0 Å². The fourth-order valence-corrected chi connectivity index (χ4v) is 20.1. The van der Waals surface area contributed by atoms with Crippen molar-refractivity contribution in [2.75, 3.05) is 34.0 Å². The molecule has 0 radical (unpaired) electrons. The van der Waals surface area contributed by atoms with Crippen molar-refractivity contribution in [1.29, 1.82) is 0 Å². The first-order valence-corrected chi connectivity index (χ1v) is 33.4. The molecule has 0 spiro atoms. The topological polar surface area (TPSA) is 114 Å². The van der Waals surface area contributed by atoms with Gasteiger partial charge in [0.1, 0.15) is 18.8 Å². The summed E-state index contributed by atoms with van der Waals surface area (Å²) in [6.45, 7) is 25.1. The summed E-state index contributed by atoms with van der Waals surface area (Å²) in [6, 6.07) is 13.0. The Morgan fingerprint density at radius 2 is 1.20 bits per heavy atom. The van der Waals surface area contributed by atoms with Crippen molar-refractivity contribution in [2.45, 2.75) is 228 Å². The maximum Gasteiger partial charge on any atom is 0.407 e. The molecule has 7 fully saturated rings. The average molecular weight is 1150 g/mol. The van der Waals surface area contributed by atoms with Gasteiger partial charge >= 0.3 is 18.0 Å². The number of hydrogen-bond donors (Lipinski definition) is 1. The summed E-state index contributed by atoms with van der Waals surface area (Å²) in [6.07, 6.45) is 24.5. The number of benzene rings is 2. The van der Waals surface area contributed by atoms with Crippen LogP contribution in [0.4, 0.5) is 4.79 Å². The van der Waals surface area contributed by atoms with Crippen LogP contribution >= 0.6 is 0 Å². The molecule has 10 rings (SSSR count). The Labute approximate surface area is 505 Å². The number of carbonyl (C=O) groups is 3. The van der Waals surface area contributed by atoms with Gasteiger partial charge in [-0.1, -0.05) is 84.3 Å². The predicted molar refractivity (Wildman–Crippen MR) is 336 cm³/mol. The molecule has 1 heterocycles. The van der Waals surface area contributed by atoms with Gasteiger partial charge < -0.3 is 33.6 Å². The number of nitrogens with one attached hydrogen (secondary N) is 1. The zero-order valence-electron chi connectivity index (χ0n) is 53.9. The molecule has 7 aliphatic carbocycles. The molecule has 3 aromatic rings. The normalized spacial score (nSPS) is 34.6. The van der Waals surface area contributed by atoms with E-state index in [1.54, 1.807) is 0 Å². The first kappa shape index (κ1) is 62.5. The number of hydrogen-bond acceptors (Lipinski definition) is 8. The highest BCUT2D eigenvalue weighted by molar-refractivity contribution is 6.08. The van der Waals surface area contributed by atoms with Crippen LogP contribution in [-0.4, -0.2) is 74.4 Å². The van der Waals surface area contributed by atoms with Crippen LogP contribution in [0.25, 0.3) is 21.8 Å². The highest BCUT2D eigenvalue weighted by Crippen LogP contribution is 2.69. The second-order valence-electron chi connectivity index (χ2n) is 30.5. The molecule has 10 heteroatoms. The fourth-order valence-electron chi connectivity index (χ4n) is 20.1. The van der Waals surface area contributed by atoms with E-state index < -0.39 is 11.7 Å². The largest absolute Gasteiger partial charge is 0.469 e. The Morgan fingerprint density at radius 3 is 1.80 bits per heavy atom. The fraction of sp³-hybridized carbons (Fsp3) is 0.743. The summed E-state index contributed by atoms with van der Waals surface area (Å²) < 4.78 is 31.1. The quantitative estimate of drug-likeness (QED) is 0.0857. The highest BCUT2D eigenvalue weighted by Gasteiger charge is 2.61. The van der Waals surface area contributed by atoms with Crippen LogP contribution in [0, 0.1) is 110 Å². The van der Waals surface area contributed by atoms with Crippen molar-refractivity contribution < 1.29 is 38.1 Å². The molecule has 17 atom stereocenters. The van der Waals surface area contributed by atoms with Crippen LogP contribution in [0.2, 0.25) is 0 Å². The van der Waals surface area contributed by atoms with Gasteiger partial charge in [-0.2, -0.15) is 0 Å². The predicted octanol–water partition coefficient (Wildman–Crippen LogP) is 16.3. The zero-order chi connectivity index (χ0) is 59.8. The number of nitrogens with zero attached hydrogens (tertiary/aromatic N) is 1. The molecule has 460 valence electrons. The SMILES string of the molecule is COC(=O)CC[C@@H](C)C(C)C1(C)CCC2[C@@H](CC[C@@H]3C[C@H](OCC#Cc4ccc5c6ccc(C#CCO[C@@H]7CCC8(C)C9CCC%10(C)C([C@H](C)CCC(=O)OC)CC[C@H]%10[C@@H]9CC[C@@H]8C7)cc6n(CCNC(=O)OC(C)(C)C)c5c4)CCC23C)C1. The maximum atomic E-state index is 12.8. The minimum Gasteiger partial charge on any atom is -0.469 e. The molecule has 8 unspecified atom stereocenters. The van der Waals surface area contributed by atoms with Crippen LogP contribution in [0.5, 0.6) is 0 Å². The highest BCUT2D eigenvalue weighted by atomic mass is 16.6. The molecular formula is C74H106N2O8. The minimum absolute atomic E-state index is 0.0705. The van der Waals surface area contributed by atoms with E-state index in [-0.39, 0.29) is 24.1 Å². The van der Waals surface area contributed by atoms with Crippen molar-refractivity contribution in [3.8, 4) is 23.7 Å². The molecule has 7 aliphatic rings. The number of rotatable bonds is 16. The van der Waals surface area contributed by atoms with Crippen molar-refractivity contribution in [3.63, 3.8) is 0 Å². The minimum atomic E-state index is -0.584. The van der Waals surface area contributed by atoms with Crippen molar-refractivity contribution >= 4 is 39.8 Å². The number of ether oxygens (including phenoxy) is 5. The van der Waals surface area contributed by atoms with Crippen LogP contribution in [0.3, 0.4) is 0 Å². The monoisotopic (exact) mass is 1150 g/mol. The van der Waals surface area contributed by atoms with E-state index in [1.165, 1.54) is 97.7 Å². The molecule has 1 N–H and O–H groups in total. The second-order valence-corrected chi connectivity index (χ2v) is 30.5. The van der Waals surface area contributed by atoms with E-state index in [1.807, 2.05) is 20.8 Å². The first-order chi connectivity index (χ1) is 40.1. The molecule has 0 bridgehead atoms. The van der Waals surface area contributed by atoms with E-state index in [0.29, 0.717) is 96.3 Å². The summed E-state index contributed by atoms with van der Waals surface area (Å²) in [5.74, 6) is 21.4. The molecule has 1 aromatic heterocycles. The van der Waals surface area contributed by atoms with E-state index in [0.717, 1.165) is 101 Å². The van der Waals surface area contributed by atoms with Gasteiger partial charge in [-0.05, 0) is 254 Å². The molecule has 1 amide bonds. The smallest absolute Gasteiger partial charge is 0.407 e. The number of methoxy groups -OCH3 is 2. The van der Waals surface area contributed by atoms with E-state index >= 15 is 0 Å². The molecule has 0 saturated heterocycles. The first-order valence-electron chi connectivity index (χ1n) is 33.4. The lowest BCUT2D eigenvalue weighted by molar-refractivity contribution is -0.142. The van der Waals surface area contributed by atoms with Crippen LogP contribution in [-0.2, 0) is 39.8 Å². The van der Waals surface area contributed by atoms with Gasteiger partial charge in [0.25, 0.3) is 0 Å². The average Bonchev–Trinajstić information content (AvgIpc) is 1.43. The number of alkyl carbamates (subject to hydrolysis) is 1. The summed E-state index contributed by atoms with van der Waals surface area (Å²) in [4.78, 5) is 36.8. The van der Waals surface area contributed by atoms with E-state index in [2.05, 4.69) is 118 Å². The lowest BCUT2D eigenvalue weighted by Crippen LogP contribution is -2.54. The number of esters is 2. The number of carbonyl (C=O) groups excluding carboxylic acids is 3. The lowest BCUT2D eigenvalue weighted by atomic mass is 9.44.